The predicted molar refractivity (Wildman–Crippen MR) is 117 cm³/mol. The molecule has 10 heteroatoms. The summed E-state index contributed by atoms with van der Waals surface area (Å²) in [5.74, 6) is 1.41. The molecule has 3 N–H and O–H groups in total. The van der Waals surface area contributed by atoms with Gasteiger partial charge in [0.05, 0.1) is 18.1 Å². The topological polar surface area (TPSA) is 109 Å². The smallest absolute Gasteiger partial charge is 0.222 e. The lowest BCUT2D eigenvalue weighted by Gasteiger charge is -2.14. The van der Waals surface area contributed by atoms with E-state index >= 15 is 0 Å². The Labute approximate surface area is 177 Å². The third kappa shape index (κ3) is 9.27. The lowest BCUT2D eigenvalue weighted by molar-refractivity contribution is -0.121. The predicted octanol–water partition coefficient (Wildman–Crippen LogP) is 0.542. The molecule has 2 rings (SSSR count). The largest absolute Gasteiger partial charge is 0.492 e. The summed E-state index contributed by atoms with van der Waals surface area (Å²) in [6.07, 6.45) is 0.740. The Kier molecular flexibility index (Phi) is 10.4. The van der Waals surface area contributed by atoms with Crippen molar-refractivity contribution in [2.75, 3.05) is 38.2 Å². The van der Waals surface area contributed by atoms with Gasteiger partial charge in [0.15, 0.2) is 15.8 Å². The zero-order valence-electron chi connectivity index (χ0n) is 15.3. The van der Waals surface area contributed by atoms with Gasteiger partial charge in [-0.05, 0) is 18.6 Å². The van der Waals surface area contributed by atoms with Crippen LogP contribution in [0.5, 0.6) is 5.75 Å². The van der Waals surface area contributed by atoms with E-state index in [1.807, 2.05) is 30.3 Å². The van der Waals surface area contributed by atoms with Crippen LogP contribution < -0.4 is 20.7 Å². The normalized spacial score (nSPS) is 18.3. The summed E-state index contributed by atoms with van der Waals surface area (Å²) in [6, 6.07) is 9.27. The van der Waals surface area contributed by atoms with Gasteiger partial charge < -0.3 is 20.7 Å². The van der Waals surface area contributed by atoms with Crippen LogP contribution in [0.25, 0.3) is 0 Å². The van der Waals surface area contributed by atoms with E-state index in [4.69, 9.17) is 4.74 Å². The van der Waals surface area contributed by atoms with E-state index in [0.717, 1.165) is 5.75 Å². The zero-order chi connectivity index (χ0) is 18.8. The Balaban J connectivity index is 0.00000364. The maximum atomic E-state index is 11.9. The second-order valence-corrected chi connectivity index (χ2v) is 8.23. The number of nitrogens with zero attached hydrogens (tertiary/aromatic N) is 1. The molecule has 0 radical (unpaired) electrons. The number of hydrogen-bond donors (Lipinski definition) is 3. The summed E-state index contributed by atoms with van der Waals surface area (Å²) >= 11 is 0. The molecule has 1 amide bonds. The SMILES string of the molecule is CN=C(NCCOc1ccccc1)NCCC(=O)NC1CCS(=O)(=O)C1.I. The number of guanidine groups is 1. The number of hydrogen-bond acceptors (Lipinski definition) is 5. The van der Waals surface area contributed by atoms with Gasteiger partial charge in [-0.1, -0.05) is 18.2 Å². The Morgan fingerprint density at radius 1 is 1.22 bits per heavy atom. The minimum absolute atomic E-state index is 0. The maximum absolute atomic E-state index is 11.9. The van der Waals surface area contributed by atoms with Crippen LogP contribution >= 0.6 is 24.0 Å². The monoisotopic (exact) mass is 510 g/mol. The van der Waals surface area contributed by atoms with Crippen molar-refractivity contribution in [1.29, 1.82) is 0 Å². The first-order valence-corrected chi connectivity index (χ1v) is 10.4. The Bertz CT molecular complexity index is 713. The summed E-state index contributed by atoms with van der Waals surface area (Å²) < 4.78 is 28.3. The van der Waals surface area contributed by atoms with Crippen molar-refractivity contribution in [2.45, 2.75) is 18.9 Å². The second-order valence-electron chi connectivity index (χ2n) is 6.00. The molecule has 1 heterocycles. The number of aliphatic imine (C=N–C) groups is 1. The molecule has 1 atom stereocenters. The highest BCUT2D eigenvalue weighted by Crippen LogP contribution is 2.11. The van der Waals surface area contributed by atoms with Crippen LogP contribution in [-0.2, 0) is 14.6 Å². The first-order chi connectivity index (χ1) is 12.5. The van der Waals surface area contributed by atoms with E-state index in [1.54, 1.807) is 7.05 Å². The number of para-hydroxylation sites is 1. The van der Waals surface area contributed by atoms with Crippen LogP contribution in [0, 0.1) is 0 Å². The number of ether oxygens (including phenoxy) is 1. The van der Waals surface area contributed by atoms with Crippen molar-refractivity contribution in [2.24, 2.45) is 4.99 Å². The molecule has 0 bridgehead atoms. The summed E-state index contributed by atoms with van der Waals surface area (Å²) in [5, 5.41) is 8.90. The lowest BCUT2D eigenvalue weighted by Crippen LogP contribution is -2.42. The Morgan fingerprint density at radius 2 is 1.93 bits per heavy atom. The fourth-order valence-corrected chi connectivity index (χ4v) is 4.25. The quantitative estimate of drug-likeness (QED) is 0.204. The summed E-state index contributed by atoms with van der Waals surface area (Å²) in [4.78, 5) is 16.0. The molecule has 1 aliphatic heterocycles. The van der Waals surface area contributed by atoms with Gasteiger partial charge >= 0.3 is 0 Å². The standard InChI is InChI=1S/C17H26N4O4S.HI/c1-18-17(20-10-11-25-15-5-3-2-4-6-15)19-9-7-16(22)21-14-8-12-26(23,24)13-14;/h2-6,14H,7-13H2,1H3,(H,21,22)(H2,18,19,20);1H. The molecule has 1 aromatic carbocycles. The molecule has 1 fully saturated rings. The number of amides is 1. The number of halogens is 1. The number of rotatable bonds is 8. The van der Waals surface area contributed by atoms with Gasteiger partial charge in [-0.25, -0.2) is 8.42 Å². The van der Waals surface area contributed by atoms with E-state index in [1.165, 1.54) is 0 Å². The fourth-order valence-electron chi connectivity index (χ4n) is 2.58. The van der Waals surface area contributed by atoms with Gasteiger partial charge in [0.2, 0.25) is 5.91 Å². The zero-order valence-corrected chi connectivity index (χ0v) is 18.5. The van der Waals surface area contributed by atoms with E-state index < -0.39 is 9.84 Å². The molecule has 0 spiro atoms. The molecule has 1 aliphatic rings. The molecule has 152 valence electrons. The Hall–Kier alpha value is -1.56. The van der Waals surface area contributed by atoms with Crippen LogP contribution in [0.2, 0.25) is 0 Å². The molecule has 27 heavy (non-hydrogen) atoms. The van der Waals surface area contributed by atoms with Crippen molar-refractivity contribution in [3.8, 4) is 5.75 Å². The van der Waals surface area contributed by atoms with Crippen molar-refractivity contribution < 1.29 is 17.9 Å². The number of carbonyl (C=O) groups excluding carboxylic acids is 1. The van der Waals surface area contributed by atoms with E-state index in [9.17, 15) is 13.2 Å². The highest BCUT2D eigenvalue weighted by Gasteiger charge is 2.28. The number of benzene rings is 1. The summed E-state index contributed by atoms with van der Waals surface area (Å²) in [6.45, 7) is 1.46. The molecular weight excluding hydrogens is 483 g/mol. The van der Waals surface area contributed by atoms with E-state index in [2.05, 4.69) is 20.9 Å². The molecular formula is C17H27IN4O4S. The molecule has 8 nitrogen and oxygen atoms in total. The molecule has 1 aromatic rings. The third-order valence-corrected chi connectivity index (χ3v) is 5.64. The molecule has 0 aliphatic carbocycles. The molecule has 1 saturated heterocycles. The second kappa shape index (κ2) is 12.0. The van der Waals surface area contributed by atoms with E-state index in [-0.39, 0.29) is 53.9 Å². The van der Waals surface area contributed by atoms with Crippen molar-refractivity contribution in [3.63, 3.8) is 0 Å². The van der Waals surface area contributed by atoms with Crippen LogP contribution in [-0.4, -0.2) is 64.6 Å². The molecule has 1 unspecified atom stereocenters. The van der Waals surface area contributed by atoms with Crippen LogP contribution in [0.4, 0.5) is 0 Å². The average molecular weight is 510 g/mol. The van der Waals surface area contributed by atoms with Crippen molar-refractivity contribution >= 4 is 45.7 Å². The first kappa shape index (κ1) is 23.5. The van der Waals surface area contributed by atoms with Gasteiger partial charge in [-0.2, -0.15) is 0 Å². The maximum Gasteiger partial charge on any atom is 0.222 e. The summed E-state index contributed by atoms with van der Waals surface area (Å²) in [7, 11) is -1.33. The van der Waals surface area contributed by atoms with Crippen molar-refractivity contribution in [1.82, 2.24) is 16.0 Å². The van der Waals surface area contributed by atoms with Gasteiger partial charge in [0.25, 0.3) is 0 Å². The van der Waals surface area contributed by atoms with Gasteiger partial charge in [0, 0.05) is 26.1 Å². The highest BCUT2D eigenvalue weighted by molar-refractivity contribution is 14.0. The fraction of sp³-hybridized carbons (Fsp3) is 0.529. The van der Waals surface area contributed by atoms with Gasteiger partial charge in [-0.15, -0.1) is 24.0 Å². The number of nitrogens with one attached hydrogen (secondary N) is 3. The van der Waals surface area contributed by atoms with Crippen LogP contribution in [0.3, 0.4) is 0 Å². The van der Waals surface area contributed by atoms with Crippen molar-refractivity contribution in [3.05, 3.63) is 30.3 Å². The van der Waals surface area contributed by atoms with Crippen LogP contribution in [0.15, 0.2) is 35.3 Å². The van der Waals surface area contributed by atoms with Gasteiger partial charge in [0.1, 0.15) is 12.4 Å². The van der Waals surface area contributed by atoms with Crippen LogP contribution in [0.1, 0.15) is 12.8 Å². The average Bonchev–Trinajstić information content (AvgIpc) is 2.96. The Morgan fingerprint density at radius 3 is 2.56 bits per heavy atom. The highest BCUT2D eigenvalue weighted by atomic mass is 127. The van der Waals surface area contributed by atoms with Gasteiger partial charge in [-0.3, -0.25) is 9.79 Å². The number of sulfone groups is 1. The lowest BCUT2D eigenvalue weighted by atomic mass is 10.2. The third-order valence-electron chi connectivity index (χ3n) is 3.87. The minimum Gasteiger partial charge on any atom is -0.492 e. The molecule has 0 saturated carbocycles. The number of carbonyl (C=O) groups is 1. The minimum atomic E-state index is -2.98. The molecule has 0 aromatic heterocycles. The summed E-state index contributed by atoms with van der Waals surface area (Å²) in [5.41, 5.74) is 0. The first-order valence-electron chi connectivity index (χ1n) is 8.60. The van der Waals surface area contributed by atoms with E-state index in [0.29, 0.717) is 32.1 Å².